The molecule has 0 saturated heterocycles. The molecule has 0 radical (unpaired) electrons. The summed E-state index contributed by atoms with van der Waals surface area (Å²) in [4.78, 5) is 0. The van der Waals surface area contributed by atoms with Crippen molar-refractivity contribution in [3.05, 3.63) is 90.6 Å². The molecule has 0 N–H and O–H groups in total. The second kappa shape index (κ2) is 9.01. The van der Waals surface area contributed by atoms with Gasteiger partial charge in [-0.2, -0.15) is 11.7 Å². The van der Waals surface area contributed by atoms with Gasteiger partial charge in [-0.15, -0.1) is 12.2 Å². The Bertz CT molecular complexity index is 767. The summed E-state index contributed by atoms with van der Waals surface area (Å²) in [5.74, 6) is 1.14. The van der Waals surface area contributed by atoms with Gasteiger partial charge in [0.15, 0.2) is 0 Å². The molecule has 26 heavy (non-hydrogen) atoms. The van der Waals surface area contributed by atoms with Crippen LogP contribution in [0.4, 0.5) is 0 Å². The van der Waals surface area contributed by atoms with Gasteiger partial charge in [-0.05, 0) is 12.3 Å². The van der Waals surface area contributed by atoms with Crippen molar-refractivity contribution in [2.75, 3.05) is 0 Å². The van der Waals surface area contributed by atoms with E-state index in [2.05, 4.69) is 26.5 Å². The molecule has 2 aromatic rings. The smallest absolute Gasteiger partial charge is 0.328 e. The normalized spacial score (nSPS) is 21.9. The van der Waals surface area contributed by atoms with E-state index in [0.717, 1.165) is 17.0 Å². The second-order valence-electron chi connectivity index (χ2n) is 7.14. The largest absolute Gasteiger partial charge is 1.00 e. The van der Waals surface area contributed by atoms with E-state index in [0.29, 0.717) is 11.8 Å². The summed E-state index contributed by atoms with van der Waals surface area (Å²) in [6.07, 6.45) is 6.21. The summed E-state index contributed by atoms with van der Waals surface area (Å²) in [6.45, 7) is 8.80. The molecule has 130 valence electrons. The summed E-state index contributed by atoms with van der Waals surface area (Å²) in [5, 5.41) is 1.75. The van der Waals surface area contributed by atoms with Crippen LogP contribution in [0, 0.1) is 18.0 Å². The van der Waals surface area contributed by atoms with E-state index >= 15 is 0 Å². The molecule has 0 heterocycles. The Kier molecular flexibility index (Phi) is 7.25. The second-order valence-corrected chi connectivity index (χ2v) is 9.79. The first-order valence-corrected chi connectivity index (χ1v) is 10.7. The van der Waals surface area contributed by atoms with Gasteiger partial charge in [0.25, 0.3) is 0 Å². The third-order valence-corrected chi connectivity index (χ3v) is 7.80. The monoisotopic (exact) mass is 356 g/mol. The zero-order valence-electron chi connectivity index (χ0n) is 16.1. The number of rotatable bonds is 4. The third kappa shape index (κ3) is 4.47. The van der Waals surface area contributed by atoms with Crippen molar-refractivity contribution in [1.29, 1.82) is 0 Å². The van der Waals surface area contributed by atoms with Gasteiger partial charge >= 0.3 is 18.9 Å². The van der Waals surface area contributed by atoms with E-state index in [-0.39, 0.29) is 18.9 Å². The van der Waals surface area contributed by atoms with Crippen LogP contribution in [0.1, 0.15) is 26.7 Å². The molecule has 0 amide bonds. The van der Waals surface area contributed by atoms with Gasteiger partial charge in [-0.25, -0.2) is 6.08 Å². The molecule has 0 aliphatic heterocycles. The molecule has 3 heteroatoms. The Labute approximate surface area is 170 Å². The molecule has 1 aliphatic rings. The van der Waals surface area contributed by atoms with Crippen molar-refractivity contribution >= 4 is 17.8 Å². The predicted octanol–water partition coefficient (Wildman–Crippen LogP) is 2.71. The Morgan fingerprint density at radius 3 is 2.00 bits per heavy atom. The van der Waals surface area contributed by atoms with Crippen LogP contribution in [0.5, 0.6) is 0 Å². The van der Waals surface area contributed by atoms with Crippen molar-refractivity contribution in [2.45, 2.75) is 26.7 Å². The molecule has 0 bridgehead atoms. The molecule has 1 saturated carbocycles. The average molecular weight is 356 g/mol. The molecule has 1 fully saturated rings. The predicted molar refractivity (Wildman–Crippen MR) is 109 cm³/mol. The van der Waals surface area contributed by atoms with E-state index in [9.17, 15) is 4.57 Å². The minimum atomic E-state index is -2.80. The van der Waals surface area contributed by atoms with E-state index < -0.39 is 7.14 Å². The molecule has 0 spiro atoms. The standard InChI is InChI=1S/C23H26OP.Li/c1-18-16-19(2)20(3)21(17-18)14-15-25(24,22-10-6-4-7-11-22)23-12-8-5-9-13-23;/h4-15,18-19H,3,16-17H2,1-2H3;/q-1;+1/b21-14-;/t18-,19-;/m0./s1. The molecular formula is C23H26LiOP. The number of hydrogen-bond acceptors (Lipinski definition) is 1. The minimum Gasteiger partial charge on any atom is -0.328 e. The zero-order chi connectivity index (χ0) is 17.9. The van der Waals surface area contributed by atoms with Crippen molar-refractivity contribution in [3.8, 4) is 0 Å². The van der Waals surface area contributed by atoms with Gasteiger partial charge in [0, 0.05) is 10.6 Å². The van der Waals surface area contributed by atoms with Crippen LogP contribution in [-0.2, 0) is 4.57 Å². The third-order valence-electron chi connectivity index (χ3n) is 5.10. The van der Waals surface area contributed by atoms with Gasteiger partial charge in [0.1, 0.15) is 0 Å². The topological polar surface area (TPSA) is 17.1 Å². The van der Waals surface area contributed by atoms with Gasteiger partial charge in [-0.1, -0.05) is 86.8 Å². The van der Waals surface area contributed by atoms with Gasteiger partial charge in [0.2, 0.25) is 0 Å². The molecule has 0 aromatic heterocycles. The van der Waals surface area contributed by atoms with Crippen LogP contribution in [0.25, 0.3) is 0 Å². The van der Waals surface area contributed by atoms with E-state index in [4.69, 9.17) is 0 Å². The van der Waals surface area contributed by atoms with Crippen LogP contribution in [-0.4, -0.2) is 0 Å². The molecule has 2 aromatic carbocycles. The van der Waals surface area contributed by atoms with Crippen molar-refractivity contribution in [1.82, 2.24) is 0 Å². The van der Waals surface area contributed by atoms with E-state index in [1.54, 1.807) is 0 Å². The first-order valence-electron chi connectivity index (χ1n) is 8.96. The van der Waals surface area contributed by atoms with Crippen molar-refractivity contribution < 1.29 is 23.4 Å². The van der Waals surface area contributed by atoms with Gasteiger partial charge < -0.3 is 4.57 Å². The fourth-order valence-corrected chi connectivity index (χ4v) is 5.90. The fourth-order valence-electron chi connectivity index (χ4n) is 3.64. The van der Waals surface area contributed by atoms with Gasteiger partial charge in [-0.3, -0.25) is 0 Å². The number of hydrogen-bond donors (Lipinski definition) is 0. The molecular weight excluding hydrogens is 330 g/mol. The maximum atomic E-state index is 14.0. The maximum Gasteiger partial charge on any atom is 1.00 e. The Morgan fingerprint density at radius 1 is 1.00 bits per heavy atom. The Balaban J connectivity index is 0.00000243. The molecule has 1 nitrogen and oxygen atoms in total. The van der Waals surface area contributed by atoms with E-state index in [1.807, 2.05) is 66.8 Å². The number of benzene rings is 2. The minimum absolute atomic E-state index is 0. The zero-order valence-corrected chi connectivity index (χ0v) is 17.0. The summed E-state index contributed by atoms with van der Waals surface area (Å²) >= 11 is 0. The molecule has 3 rings (SSSR count). The Morgan fingerprint density at radius 2 is 1.50 bits per heavy atom. The molecule has 1 aliphatic carbocycles. The first kappa shape index (κ1) is 20.9. The van der Waals surface area contributed by atoms with Crippen LogP contribution in [0.2, 0.25) is 0 Å². The Hall–Kier alpha value is -1.38. The maximum absolute atomic E-state index is 14.0. The fraction of sp³-hybridized carbons (Fsp3) is 0.261. The average Bonchev–Trinajstić information content (AvgIpc) is 2.64. The molecule has 0 unspecified atom stereocenters. The summed E-state index contributed by atoms with van der Waals surface area (Å²) in [5.41, 5.74) is 2.44. The first-order chi connectivity index (χ1) is 12.0. The van der Waals surface area contributed by atoms with Crippen LogP contribution < -0.4 is 29.5 Å². The quantitative estimate of drug-likeness (QED) is 0.468. The SMILES string of the molecule is C=C1/C(=C\[CH-]P(=O)(c2ccccc2)c2ccccc2)C[C@@H](C)C[C@@H]1C.[Li+]. The van der Waals surface area contributed by atoms with E-state index in [1.165, 1.54) is 17.6 Å². The van der Waals surface area contributed by atoms with Crippen molar-refractivity contribution in [3.63, 3.8) is 0 Å². The van der Waals surface area contributed by atoms with Crippen LogP contribution in [0.15, 0.2) is 84.5 Å². The van der Waals surface area contributed by atoms with Crippen molar-refractivity contribution in [2.24, 2.45) is 11.8 Å². The van der Waals surface area contributed by atoms with Crippen LogP contribution >= 0.6 is 7.14 Å². The summed E-state index contributed by atoms with van der Waals surface area (Å²) in [7, 11) is -2.80. The molecule has 2 atom stereocenters. The van der Waals surface area contributed by atoms with Crippen LogP contribution in [0.3, 0.4) is 0 Å². The summed E-state index contributed by atoms with van der Waals surface area (Å²) in [6, 6.07) is 19.6. The summed E-state index contributed by atoms with van der Waals surface area (Å²) < 4.78 is 14.0. The number of allylic oxidation sites excluding steroid dienone is 3. The van der Waals surface area contributed by atoms with Gasteiger partial charge in [0.05, 0.1) is 7.14 Å².